The Morgan fingerprint density at radius 3 is 2.32 bits per heavy atom. The van der Waals surface area contributed by atoms with Crippen molar-refractivity contribution < 1.29 is 19.1 Å². The summed E-state index contributed by atoms with van der Waals surface area (Å²) in [5, 5.41) is 14.5. The highest BCUT2D eigenvalue weighted by atomic mass is 32.2. The number of nitrogens with one attached hydrogen (secondary N) is 2. The molecule has 0 radical (unpaired) electrons. The van der Waals surface area contributed by atoms with Gasteiger partial charge in [-0.3, -0.25) is 4.79 Å². The van der Waals surface area contributed by atoms with E-state index in [9.17, 15) is 14.9 Å². The van der Waals surface area contributed by atoms with Crippen LogP contribution in [0.2, 0.25) is 0 Å². The highest BCUT2D eigenvalue weighted by Gasteiger charge is 2.28. The summed E-state index contributed by atoms with van der Waals surface area (Å²) in [5.74, 6) is -0.199. The third kappa shape index (κ3) is 12.5. The number of carbonyl (C=O) groups is 2. The van der Waals surface area contributed by atoms with Gasteiger partial charge < -0.3 is 20.1 Å². The van der Waals surface area contributed by atoms with E-state index < -0.39 is 16.4 Å². The first-order valence-electron chi connectivity index (χ1n) is 8.02. The van der Waals surface area contributed by atoms with E-state index in [1.165, 1.54) is 0 Å². The second kappa shape index (κ2) is 11.2. The lowest BCUT2D eigenvalue weighted by Gasteiger charge is -2.20. The molecule has 0 aliphatic heterocycles. The number of alkyl carbamates (subject to hydrolysis) is 1. The molecule has 0 spiro atoms. The largest absolute Gasteiger partial charge is 0.479 e. The molecule has 1 unspecified atom stereocenters. The van der Waals surface area contributed by atoms with E-state index in [2.05, 4.69) is 16.7 Å². The van der Waals surface area contributed by atoms with Crippen molar-refractivity contribution in [3.63, 3.8) is 0 Å². The molecular formula is C16H27N3O4S2. The van der Waals surface area contributed by atoms with Gasteiger partial charge in [0.2, 0.25) is 10.3 Å². The molecule has 142 valence electrons. The van der Waals surface area contributed by atoms with Crippen molar-refractivity contribution in [2.45, 2.75) is 57.8 Å². The average molecular weight is 390 g/mol. The van der Waals surface area contributed by atoms with E-state index in [0.29, 0.717) is 17.4 Å². The van der Waals surface area contributed by atoms with Crippen molar-refractivity contribution in [2.75, 3.05) is 19.7 Å². The molecule has 0 saturated carbocycles. The van der Waals surface area contributed by atoms with Gasteiger partial charge in [0.1, 0.15) is 10.3 Å². The molecule has 9 heteroatoms. The maximum atomic E-state index is 11.9. The van der Waals surface area contributed by atoms with Gasteiger partial charge in [-0.15, -0.1) is 0 Å². The first-order chi connectivity index (χ1) is 11.5. The Bertz CT molecular complexity index is 514. The predicted octanol–water partition coefficient (Wildman–Crippen LogP) is 2.74. The summed E-state index contributed by atoms with van der Waals surface area (Å²) in [5.41, 5.74) is -0.561. The lowest BCUT2D eigenvalue weighted by Crippen LogP contribution is -2.38. The van der Waals surface area contributed by atoms with Gasteiger partial charge in [0, 0.05) is 19.5 Å². The van der Waals surface area contributed by atoms with Gasteiger partial charge in [-0.05, 0) is 53.3 Å². The number of amides is 2. The van der Waals surface area contributed by atoms with Gasteiger partial charge >= 0.3 is 6.09 Å². The Kier molecular flexibility index (Phi) is 10.5. The van der Waals surface area contributed by atoms with E-state index in [1.54, 1.807) is 27.7 Å². The molecule has 0 aromatic heterocycles. The number of hydrogen-bond acceptors (Lipinski definition) is 7. The van der Waals surface area contributed by atoms with Gasteiger partial charge in [0.15, 0.2) is 0 Å². The molecule has 25 heavy (non-hydrogen) atoms. The van der Waals surface area contributed by atoms with Gasteiger partial charge in [-0.1, -0.05) is 11.8 Å². The van der Waals surface area contributed by atoms with Crippen LogP contribution in [-0.2, 0) is 14.3 Å². The molecule has 0 fully saturated rings. The number of ether oxygens (including phenoxy) is 2. The van der Waals surface area contributed by atoms with Crippen LogP contribution >= 0.6 is 24.0 Å². The molecule has 2 amide bonds. The molecule has 0 aromatic carbocycles. The Morgan fingerprint density at radius 2 is 1.80 bits per heavy atom. The molecule has 0 rings (SSSR count). The summed E-state index contributed by atoms with van der Waals surface area (Å²) in [6.07, 6.45) is -0.00932. The lowest BCUT2D eigenvalue weighted by molar-refractivity contribution is -0.121. The molecule has 0 aliphatic carbocycles. The fraction of sp³-hybridized carbons (Fsp3) is 0.750. The number of nitriles is 1. The molecule has 1 atom stereocenters. The van der Waals surface area contributed by atoms with Crippen LogP contribution in [0.1, 0.15) is 47.5 Å². The fourth-order valence-corrected chi connectivity index (χ4v) is 3.05. The summed E-state index contributed by atoms with van der Waals surface area (Å²) in [6.45, 7) is 9.85. The van der Waals surface area contributed by atoms with Crippen LogP contribution in [0.25, 0.3) is 0 Å². The molecular weight excluding hydrogens is 362 g/mol. The number of thiocarbonyl (C=S) groups is 1. The SMILES string of the molecule is CCOC(=S)SC(C)(C#N)CCC(=O)NCCNC(=O)OC(C)(C)C. The van der Waals surface area contributed by atoms with E-state index in [1.807, 2.05) is 6.92 Å². The van der Waals surface area contributed by atoms with Crippen LogP contribution in [0.4, 0.5) is 4.79 Å². The molecule has 0 aromatic rings. The molecule has 2 N–H and O–H groups in total. The van der Waals surface area contributed by atoms with Crippen LogP contribution in [0.3, 0.4) is 0 Å². The topological polar surface area (TPSA) is 100 Å². The maximum Gasteiger partial charge on any atom is 0.407 e. The van der Waals surface area contributed by atoms with Crippen LogP contribution in [0.15, 0.2) is 0 Å². The van der Waals surface area contributed by atoms with Crippen molar-refractivity contribution in [1.29, 1.82) is 5.26 Å². The van der Waals surface area contributed by atoms with Crippen LogP contribution < -0.4 is 10.6 Å². The van der Waals surface area contributed by atoms with E-state index >= 15 is 0 Å². The van der Waals surface area contributed by atoms with Crippen molar-refractivity contribution in [3.05, 3.63) is 0 Å². The van der Waals surface area contributed by atoms with Crippen LogP contribution in [-0.4, -0.2) is 46.4 Å². The quantitative estimate of drug-likeness (QED) is 0.486. The van der Waals surface area contributed by atoms with Crippen molar-refractivity contribution in [1.82, 2.24) is 10.6 Å². The Hall–Kier alpha value is -1.53. The average Bonchev–Trinajstić information content (AvgIpc) is 2.48. The second-order valence-electron chi connectivity index (χ2n) is 6.41. The highest BCUT2D eigenvalue weighted by molar-refractivity contribution is 8.23. The van der Waals surface area contributed by atoms with Crippen LogP contribution in [0.5, 0.6) is 0 Å². The smallest absolute Gasteiger partial charge is 0.407 e. The molecule has 7 nitrogen and oxygen atoms in total. The van der Waals surface area contributed by atoms with E-state index in [-0.39, 0.29) is 25.4 Å². The molecule has 0 aliphatic rings. The van der Waals surface area contributed by atoms with Gasteiger partial charge in [-0.25, -0.2) is 4.79 Å². The maximum absolute atomic E-state index is 11.9. The van der Waals surface area contributed by atoms with Gasteiger partial charge in [-0.2, -0.15) is 5.26 Å². The van der Waals surface area contributed by atoms with Crippen molar-refractivity contribution >= 4 is 40.4 Å². The molecule has 0 heterocycles. The zero-order chi connectivity index (χ0) is 19.5. The third-order valence-electron chi connectivity index (χ3n) is 2.75. The van der Waals surface area contributed by atoms with Gasteiger partial charge in [0.05, 0.1) is 12.7 Å². The summed E-state index contributed by atoms with van der Waals surface area (Å²) in [6, 6.07) is 2.17. The zero-order valence-corrected chi connectivity index (χ0v) is 17.1. The monoisotopic (exact) mass is 389 g/mol. The predicted molar refractivity (Wildman–Crippen MR) is 102 cm³/mol. The van der Waals surface area contributed by atoms with Crippen LogP contribution in [0, 0.1) is 11.3 Å². The first-order valence-corrected chi connectivity index (χ1v) is 9.24. The summed E-state index contributed by atoms with van der Waals surface area (Å²) >= 11 is 6.18. The number of thioether (sulfide) groups is 1. The summed E-state index contributed by atoms with van der Waals surface area (Å²) < 4.78 is 9.73. The minimum Gasteiger partial charge on any atom is -0.479 e. The minimum absolute atomic E-state index is 0.179. The number of hydrogen-bond donors (Lipinski definition) is 2. The summed E-state index contributed by atoms with van der Waals surface area (Å²) in [7, 11) is 0. The summed E-state index contributed by atoms with van der Waals surface area (Å²) in [4.78, 5) is 23.3. The molecule has 0 saturated heterocycles. The normalized spacial score (nSPS) is 13.1. The van der Waals surface area contributed by atoms with E-state index in [0.717, 1.165) is 11.8 Å². The lowest BCUT2D eigenvalue weighted by atomic mass is 10.1. The van der Waals surface area contributed by atoms with Crippen molar-refractivity contribution in [3.8, 4) is 6.07 Å². The molecule has 0 bridgehead atoms. The van der Waals surface area contributed by atoms with Gasteiger partial charge in [0.25, 0.3) is 0 Å². The zero-order valence-electron chi connectivity index (χ0n) is 15.4. The Morgan fingerprint density at radius 1 is 1.20 bits per heavy atom. The number of nitrogens with zero attached hydrogens (tertiary/aromatic N) is 1. The van der Waals surface area contributed by atoms with Crippen molar-refractivity contribution in [2.24, 2.45) is 0 Å². The second-order valence-corrected chi connectivity index (χ2v) is 8.51. The standard InChI is InChI=1S/C16H27N3O4S2/c1-6-22-14(24)25-16(5,11-17)8-7-12(20)18-9-10-19-13(21)23-15(2,3)4/h6-10H2,1-5H3,(H,18,20)(H,19,21). The Balaban J connectivity index is 4.08. The first kappa shape index (κ1) is 23.5. The highest BCUT2D eigenvalue weighted by Crippen LogP contribution is 2.31. The number of rotatable bonds is 8. The van der Waals surface area contributed by atoms with E-state index in [4.69, 9.17) is 21.7 Å². The Labute approximate surface area is 159 Å². The third-order valence-corrected chi connectivity index (χ3v) is 4.15. The fourth-order valence-electron chi connectivity index (χ4n) is 1.58. The minimum atomic E-state index is -0.821. The number of carbonyl (C=O) groups excluding carboxylic acids is 2.